The van der Waals surface area contributed by atoms with Crippen LogP contribution in [0.5, 0.6) is 5.75 Å². The van der Waals surface area contributed by atoms with Crippen LogP contribution in [0.25, 0.3) is 0 Å². The molecule has 0 radical (unpaired) electrons. The van der Waals surface area contributed by atoms with E-state index in [1.54, 1.807) is 0 Å². The van der Waals surface area contributed by atoms with Gasteiger partial charge in [-0.05, 0) is 68.4 Å². The third-order valence-electron chi connectivity index (χ3n) is 6.45. The van der Waals surface area contributed by atoms with Gasteiger partial charge in [0.1, 0.15) is 11.6 Å². The van der Waals surface area contributed by atoms with Crippen molar-refractivity contribution in [2.24, 2.45) is 10.9 Å². The Kier molecular flexibility index (Phi) is 7.16. The average Bonchev–Trinajstić information content (AvgIpc) is 2.75. The molecule has 6 heteroatoms. The summed E-state index contributed by atoms with van der Waals surface area (Å²) in [5, 5.41) is 10.3. The fourth-order valence-electron chi connectivity index (χ4n) is 4.53. The highest BCUT2D eigenvalue weighted by Gasteiger charge is 2.30. The number of allylic oxidation sites excluding steroid dienone is 1. The number of methoxy groups -OCH3 is 1. The zero-order chi connectivity index (χ0) is 21.8. The number of dihydropyridines is 1. The van der Waals surface area contributed by atoms with Crippen LogP contribution in [0.4, 0.5) is 4.39 Å². The first-order valence-electron chi connectivity index (χ1n) is 10.8. The van der Waals surface area contributed by atoms with Gasteiger partial charge in [0.15, 0.2) is 12.4 Å². The minimum absolute atomic E-state index is 0.126. The maximum Gasteiger partial charge on any atom is 0.343 e. The summed E-state index contributed by atoms with van der Waals surface area (Å²) in [5.41, 5.74) is 4.71. The van der Waals surface area contributed by atoms with Crippen molar-refractivity contribution < 1.29 is 23.8 Å². The first-order valence-corrected chi connectivity index (χ1v) is 10.8. The van der Waals surface area contributed by atoms with Crippen molar-refractivity contribution in [3.63, 3.8) is 0 Å². The maximum absolute atomic E-state index is 14.6. The number of hydrogen-bond acceptors (Lipinski definition) is 5. The lowest BCUT2D eigenvalue weighted by Crippen LogP contribution is -2.27. The first kappa shape index (κ1) is 22.3. The van der Waals surface area contributed by atoms with Gasteiger partial charge in [-0.2, -0.15) is 0 Å². The molecule has 1 aromatic rings. The van der Waals surface area contributed by atoms with Gasteiger partial charge in [0.05, 0.1) is 18.9 Å². The van der Waals surface area contributed by atoms with Crippen LogP contribution in [0.15, 0.2) is 22.6 Å². The lowest BCUT2D eigenvalue weighted by atomic mass is 9.83. The molecule has 0 spiro atoms. The first-order chi connectivity index (χ1) is 14.3. The van der Waals surface area contributed by atoms with E-state index >= 15 is 0 Å². The average molecular weight is 418 g/mol. The number of carbonyl (C=O) groups excluding carboxylic acids is 1. The van der Waals surface area contributed by atoms with Crippen molar-refractivity contribution in [1.82, 2.24) is 0 Å². The molecular weight excluding hydrogens is 385 g/mol. The van der Waals surface area contributed by atoms with Crippen LogP contribution in [0.3, 0.4) is 0 Å². The number of ether oxygens (including phenoxy) is 2. The van der Waals surface area contributed by atoms with Crippen LogP contribution in [0, 0.1) is 26.7 Å². The molecule has 1 N–H and O–H groups in total. The van der Waals surface area contributed by atoms with Gasteiger partial charge in [0, 0.05) is 12.3 Å². The normalized spacial score (nSPS) is 20.2. The van der Waals surface area contributed by atoms with Crippen LogP contribution in [0.2, 0.25) is 0 Å². The molecule has 1 saturated carbocycles. The molecule has 1 aromatic carbocycles. The number of carbonyl (C=O) groups is 1. The minimum Gasteiger partial charge on any atom is -0.504 e. The Balaban J connectivity index is 1.82. The molecule has 2 aliphatic rings. The van der Waals surface area contributed by atoms with E-state index < -0.39 is 11.8 Å². The monoisotopic (exact) mass is 417 g/mol. The highest BCUT2D eigenvalue weighted by molar-refractivity contribution is 6.01. The lowest BCUT2D eigenvalue weighted by Gasteiger charge is -2.28. The van der Waals surface area contributed by atoms with Crippen molar-refractivity contribution in [2.45, 2.75) is 71.8 Å². The van der Waals surface area contributed by atoms with Gasteiger partial charge in [-0.1, -0.05) is 19.3 Å². The third-order valence-corrected chi connectivity index (χ3v) is 6.45. The highest BCUT2D eigenvalue weighted by atomic mass is 19.1. The number of aryl methyl sites for hydroxylation is 1. The Bertz CT molecular complexity index is 868. The summed E-state index contributed by atoms with van der Waals surface area (Å²) in [6.45, 7) is 5.82. The summed E-state index contributed by atoms with van der Waals surface area (Å²) in [4.78, 5) is 16.2. The Morgan fingerprint density at radius 2 is 1.90 bits per heavy atom. The molecule has 30 heavy (non-hydrogen) atoms. The van der Waals surface area contributed by atoms with Gasteiger partial charge >= 0.3 is 5.97 Å². The molecule has 0 bridgehead atoms. The van der Waals surface area contributed by atoms with Crippen molar-refractivity contribution >= 4 is 11.7 Å². The summed E-state index contributed by atoms with van der Waals surface area (Å²) in [5.74, 6) is -0.291. The van der Waals surface area contributed by atoms with Crippen LogP contribution in [-0.2, 0) is 16.0 Å². The topological polar surface area (TPSA) is 68.1 Å². The predicted molar refractivity (Wildman–Crippen MR) is 115 cm³/mol. The van der Waals surface area contributed by atoms with E-state index in [0.717, 1.165) is 47.9 Å². The molecule has 0 saturated heterocycles. The van der Waals surface area contributed by atoms with E-state index in [1.807, 2.05) is 26.8 Å². The summed E-state index contributed by atoms with van der Waals surface area (Å²) in [6, 6.07) is 1.69. The number of hydrogen-bond donors (Lipinski definition) is 1. The summed E-state index contributed by atoms with van der Waals surface area (Å²) in [6.07, 6.45) is 6.06. The maximum atomic E-state index is 14.6. The summed E-state index contributed by atoms with van der Waals surface area (Å²) < 4.78 is 24.8. The number of aliphatic hydroxyl groups is 1. The van der Waals surface area contributed by atoms with Crippen molar-refractivity contribution in [3.8, 4) is 5.75 Å². The highest BCUT2D eigenvalue weighted by Crippen LogP contribution is 2.34. The van der Waals surface area contributed by atoms with Gasteiger partial charge < -0.3 is 14.6 Å². The second kappa shape index (κ2) is 9.63. The third kappa shape index (κ3) is 4.85. The van der Waals surface area contributed by atoms with Crippen molar-refractivity contribution in [1.29, 1.82) is 0 Å². The van der Waals surface area contributed by atoms with Gasteiger partial charge in [0.25, 0.3) is 0 Å². The zero-order valence-corrected chi connectivity index (χ0v) is 18.4. The molecule has 0 aromatic heterocycles. The molecule has 3 rings (SSSR count). The number of aliphatic hydroxyl groups excluding tert-OH is 1. The van der Waals surface area contributed by atoms with Crippen LogP contribution in [-0.4, -0.2) is 36.5 Å². The number of esters is 1. The van der Waals surface area contributed by atoms with Crippen LogP contribution >= 0.6 is 0 Å². The van der Waals surface area contributed by atoms with Crippen molar-refractivity contribution in [2.75, 3.05) is 13.7 Å². The SMILES string of the molecule is COC(=O)COc1cc(C)c(CC2CC(F)=C(O)C(C3CCCCC3)=N2)c(C)c1C. The Labute approximate surface area is 178 Å². The van der Waals surface area contributed by atoms with Gasteiger partial charge in [-0.25, -0.2) is 9.18 Å². The molecule has 0 amide bonds. The molecule has 1 fully saturated rings. The fraction of sp³-hybridized carbons (Fsp3) is 0.583. The van der Waals surface area contributed by atoms with Gasteiger partial charge in [0.2, 0.25) is 0 Å². The zero-order valence-electron chi connectivity index (χ0n) is 18.4. The predicted octanol–water partition coefficient (Wildman–Crippen LogP) is 5.24. The summed E-state index contributed by atoms with van der Waals surface area (Å²) in [7, 11) is 1.33. The molecule has 5 nitrogen and oxygen atoms in total. The fourth-order valence-corrected chi connectivity index (χ4v) is 4.53. The van der Waals surface area contributed by atoms with E-state index in [-0.39, 0.29) is 30.7 Å². The molecule has 1 heterocycles. The molecule has 1 unspecified atom stereocenters. The van der Waals surface area contributed by atoms with Gasteiger partial charge in [-0.15, -0.1) is 0 Å². The van der Waals surface area contributed by atoms with Crippen molar-refractivity contribution in [3.05, 3.63) is 39.9 Å². The number of nitrogens with zero attached hydrogens (tertiary/aromatic N) is 1. The molecular formula is C24H32FNO4. The number of aliphatic imine (C=N–C) groups is 1. The molecule has 1 aliphatic heterocycles. The van der Waals surface area contributed by atoms with E-state index in [9.17, 15) is 14.3 Å². The Morgan fingerprint density at radius 1 is 1.20 bits per heavy atom. The quantitative estimate of drug-likeness (QED) is 0.643. The van der Waals surface area contributed by atoms with Gasteiger partial charge in [-0.3, -0.25) is 4.99 Å². The Hall–Kier alpha value is -2.37. The second-order valence-corrected chi connectivity index (χ2v) is 8.45. The number of benzene rings is 1. The molecule has 1 aliphatic carbocycles. The summed E-state index contributed by atoms with van der Waals surface area (Å²) >= 11 is 0. The van der Waals surface area contributed by atoms with Crippen LogP contribution in [0.1, 0.15) is 60.8 Å². The second-order valence-electron chi connectivity index (χ2n) is 8.45. The van der Waals surface area contributed by atoms with E-state index in [4.69, 9.17) is 9.73 Å². The minimum atomic E-state index is -0.444. The van der Waals surface area contributed by atoms with Crippen LogP contribution < -0.4 is 4.74 Å². The van der Waals surface area contributed by atoms with E-state index in [2.05, 4.69) is 4.74 Å². The Morgan fingerprint density at radius 3 is 2.57 bits per heavy atom. The molecule has 164 valence electrons. The smallest absolute Gasteiger partial charge is 0.343 e. The lowest BCUT2D eigenvalue weighted by molar-refractivity contribution is -0.142. The van der Waals surface area contributed by atoms with E-state index in [0.29, 0.717) is 17.9 Å². The largest absolute Gasteiger partial charge is 0.504 e. The van der Waals surface area contributed by atoms with E-state index in [1.165, 1.54) is 13.5 Å². The molecule has 1 atom stereocenters. The standard InChI is InChI=1S/C24H32FNO4/c1-14-10-21(30-13-22(27)29-4)16(3)15(2)19(14)11-18-12-20(25)24(28)23(26-18)17-8-6-5-7-9-17/h10,17-18,28H,5-9,11-13H2,1-4H3. The number of rotatable bonds is 6. The number of halogens is 1.